The van der Waals surface area contributed by atoms with Crippen LogP contribution in [-0.4, -0.2) is 39.3 Å². The monoisotopic (exact) mass is 182 g/mol. The number of aliphatic hydroxyl groups is 2. The first kappa shape index (κ1) is 10.2. The van der Waals surface area contributed by atoms with Crippen LogP contribution in [0, 0.1) is 17.9 Å². The Morgan fingerprint density at radius 2 is 1.92 bits per heavy atom. The van der Waals surface area contributed by atoms with Gasteiger partial charge in [0.25, 0.3) is 5.54 Å². The van der Waals surface area contributed by atoms with Gasteiger partial charge in [-0.15, -0.1) is 4.58 Å². The van der Waals surface area contributed by atoms with E-state index in [-0.39, 0.29) is 5.92 Å². The summed E-state index contributed by atoms with van der Waals surface area (Å²) in [7, 11) is 0. The van der Waals surface area contributed by atoms with Gasteiger partial charge in [0.1, 0.15) is 6.72 Å². The molecule has 3 unspecified atom stereocenters. The molecule has 0 saturated heterocycles. The highest BCUT2D eigenvalue weighted by Crippen LogP contribution is 2.24. The van der Waals surface area contributed by atoms with E-state index in [0.717, 1.165) is 0 Å². The summed E-state index contributed by atoms with van der Waals surface area (Å²) >= 11 is 0. The van der Waals surface area contributed by atoms with Crippen LogP contribution in [0.1, 0.15) is 20.8 Å². The Hall–Kier alpha value is -0.850. The normalized spacial score (nSPS) is 30.5. The van der Waals surface area contributed by atoms with Crippen molar-refractivity contribution in [3.63, 3.8) is 0 Å². The molecule has 0 saturated carbocycles. The van der Waals surface area contributed by atoms with Crippen molar-refractivity contribution in [1.82, 2.24) is 0 Å². The van der Waals surface area contributed by atoms with E-state index in [1.54, 1.807) is 6.92 Å². The third-order valence-corrected chi connectivity index (χ3v) is 2.59. The number of hydrogen-bond donors (Lipinski definition) is 2. The molecule has 1 aliphatic heterocycles. The zero-order chi connectivity index (χ0) is 10.2. The van der Waals surface area contributed by atoms with Gasteiger partial charge in [-0.2, -0.15) is 0 Å². The van der Waals surface area contributed by atoms with Gasteiger partial charge in [-0.3, -0.25) is 0 Å². The number of nitrogens with zero attached hydrogens (tertiary/aromatic N) is 1. The van der Waals surface area contributed by atoms with E-state index in [9.17, 15) is 10.2 Å². The molecule has 0 spiro atoms. The predicted molar refractivity (Wildman–Crippen MR) is 50.4 cm³/mol. The van der Waals surface area contributed by atoms with Gasteiger partial charge in [0, 0.05) is 6.92 Å². The highest BCUT2D eigenvalue weighted by molar-refractivity contribution is 5.29. The van der Waals surface area contributed by atoms with Crippen molar-refractivity contribution < 1.29 is 14.8 Å². The van der Waals surface area contributed by atoms with E-state index in [4.69, 9.17) is 0 Å². The topological polar surface area (TPSA) is 43.5 Å². The smallest absolute Gasteiger partial charge is 0.268 e. The minimum atomic E-state index is -0.869. The highest BCUT2D eigenvalue weighted by atomic mass is 16.3. The minimum absolute atomic E-state index is 0.0163. The molecule has 3 heteroatoms. The van der Waals surface area contributed by atoms with Gasteiger partial charge in [0.05, 0.1) is 12.0 Å². The lowest BCUT2D eigenvalue weighted by Gasteiger charge is -2.31. The number of rotatable bonds is 3. The molecular weight excluding hydrogens is 166 g/mol. The predicted octanol–water partition coefficient (Wildman–Crippen LogP) is -0.190. The van der Waals surface area contributed by atoms with Crippen molar-refractivity contribution in [2.75, 3.05) is 0 Å². The molecule has 0 aromatic carbocycles. The van der Waals surface area contributed by atoms with E-state index in [1.807, 2.05) is 13.8 Å². The zero-order valence-corrected chi connectivity index (χ0v) is 8.28. The molecule has 2 N–H and O–H groups in total. The maximum atomic E-state index is 9.80. The Bertz CT molecular complexity index is 287. The van der Waals surface area contributed by atoms with E-state index in [0.29, 0.717) is 0 Å². The lowest BCUT2D eigenvalue weighted by molar-refractivity contribution is -0.536. The Balaban J connectivity index is 2.76. The average Bonchev–Trinajstić information content (AvgIpc) is 2.11. The largest absolute Gasteiger partial charge is 0.390 e. The van der Waals surface area contributed by atoms with E-state index in [1.165, 1.54) is 4.58 Å². The van der Waals surface area contributed by atoms with Crippen molar-refractivity contribution in [3.05, 3.63) is 0 Å². The summed E-state index contributed by atoms with van der Waals surface area (Å²) < 4.78 is 1.49. The second-order valence-electron chi connectivity index (χ2n) is 3.99. The first-order valence-corrected chi connectivity index (χ1v) is 4.39. The fourth-order valence-corrected chi connectivity index (χ4v) is 1.24. The SMILES string of the molecule is C=[N+]1C#CC1(C)C(O)C(O)C(C)C. The van der Waals surface area contributed by atoms with Gasteiger partial charge in [-0.25, -0.2) is 0 Å². The summed E-state index contributed by atoms with van der Waals surface area (Å²) in [4.78, 5) is 0. The van der Waals surface area contributed by atoms with Crippen LogP contribution < -0.4 is 0 Å². The Labute approximate surface area is 78.7 Å². The molecule has 1 heterocycles. The summed E-state index contributed by atoms with van der Waals surface area (Å²) in [5.74, 6) is 2.83. The van der Waals surface area contributed by atoms with E-state index < -0.39 is 17.7 Å². The Morgan fingerprint density at radius 3 is 2.15 bits per heavy atom. The minimum Gasteiger partial charge on any atom is -0.390 e. The van der Waals surface area contributed by atoms with Gasteiger partial charge in [0.15, 0.2) is 6.10 Å². The maximum Gasteiger partial charge on any atom is 0.268 e. The van der Waals surface area contributed by atoms with Crippen molar-refractivity contribution in [1.29, 1.82) is 0 Å². The van der Waals surface area contributed by atoms with Crippen LogP contribution in [0.3, 0.4) is 0 Å². The molecule has 0 radical (unpaired) electrons. The van der Waals surface area contributed by atoms with Gasteiger partial charge >= 0.3 is 0 Å². The van der Waals surface area contributed by atoms with Gasteiger partial charge in [-0.1, -0.05) is 13.8 Å². The van der Waals surface area contributed by atoms with E-state index >= 15 is 0 Å². The maximum absolute atomic E-state index is 9.80. The number of aliphatic hydroxyl groups excluding tert-OH is 2. The third kappa shape index (κ3) is 1.48. The lowest BCUT2D eigenvalue weighted by Crippen LogP contribution is -2.57. The summed E-state index contributed by atoms with van der Waals surface area (Å²) in [5, 5.41) is 19.4. The molecule has 0 fully saturated rings. The van der Waals surface area contributed by atoms with Crippen LogP contribution in [0.5, 0.6) is 0 Å². The van der Waals surface area contributed by atoms with Crippen molar-refractivity contribution in [2.24, 2.45) is 5.92 Å². The molecule has 0 aromatic heterocycles. The van der Waals surface area contributed by atoms with Crippen molar-refractivity contribution >= 4 is 6.72 Å². The lowest BCUT2D eigenvalue weighted by atomic mass is 9.84. The summed E-state index contributed by atoms with van der Waals surface area (Å²) in [6.07, 6.45) is -1.63. The van der Waals surface area contributed by atoms with Crippen LogP contribution in [0.25, 0.3) is 0 Å². The van der Waals surface area contributed by atoms with Gasteiger partial charge in [0.2, 0.25) is 6.04 Å². The molecule has 0 aromatic rings. The van der Waals surface area contributed by atoms with Crippen LogP contribution in [0.2, 0.25) is 0 Å². The molecule has 0 bridgehead atoms. The molecule has 1 aliphatic rings. The van der Waals surface area contributed by atoms with Crippen LogP contribution in [0.4, 0.5) is 0 Å². The Kier molecular flexibility index (Phi) is 2.47. The summed E-state index contributed by atoms with van der Waals surface area (Å²) in [6, 6.07) is 2.67. The molecule has 3 nitrogen and oxygen atoms in total. The standard InChI is InChI=1S/C10H16NO2/c1-7(2)8(12)9(13)10(3)5-6-11(10)4/h7-9,12-13H,4H2,1-3H3/q+1. The third-order valence-electron chi connectivity index (χ3n) is 2.59. The van der Waals surface area contributed by atoms with Crippen LogP contribution in [-0.2, 0) is 0 Å². The van der Waals surface area contributed by atoms with Crippen LogP contribution >= 0.6 is 0 Å². The quantitative estimate of drug-likeness (QED) is 0.469. The first-order valence-electron chi connectivity index (χ1n) is 4.39. The molecular formula is C10H16NO2+. The fraction of sp³-hybridized carbons (Fsp3) is 0.700. The average molecular weight is 182 g/mol. The molecule has 1 rings (SSSR count). The number of hydrogen-bond acceptors (Lipinski definition) is 2. The first-order chi connectivity index (χ1) is 5.89. The molecule has 13 heavy (non-hydrogen) atoms. The molecule has 0 amide bonds. The Morgan fingerprint density at radius 1 is 1.38 bits per heavy atom. The van der Waals surface area contributed by atoms with Gasteiger partial charge in [-0.05, 0) is 5.92 Å². The van der Waals surface area contributed by atoms with E-state index in [2.05, 4.69) is 18.7 Å². The molecule has 72 valence electrons. The summed E-state index contributed by atoms with van der Waals surface area (Å²) in [5.41, 5.74) is -0.691. The van der Waals surface area contributed by atoms with Crippen molar-refractivity contribution in [3.8, 4) is 12.0 Å². The highest BCUT2D eigenvalue weighted by Gasteiger charge is 2.50. The fourth-order valence-electron chi connectivity index (χ4n) is 1.24. The van der Waals surface area contributed by atoms with Gasteiger partial charge < -0.3 is 10.2 Å². The second-order valence-corrected chi connectivity index (χ2v) is 3.99. The van der Waals surface area contributed by atoms with Crippen molar-refractivity contribution in [2.45, 2.75) is 38.5 Å². The second kappa shape index (κ2) is 3.13. The van der Waals surface area contributed by atoms with Crippen LogP contribution in [0.15, 0.2) is 0 Å². The zero-order valence-electron chi connectivity index (χ0n) is 8.28. The molecule has 3 atom stereocenters. The summed E-state index contributed by atoms with van der Waals surface area (Å²) in [6.45, 7) is 9.13. The molecule has 0 aliphatic carbocycles.